The van der Waals surface area contributed by atoms with Gasteiger partial charge in [0.05, 0.1) is 12.8 Å². The molecule has 0 bridgehead atoms. The van der Waals surface area contributed by atoms with Gasteiger partial charge in [-0.05, 0) is 47.3 Å². The number of carbonyl (C=O) groups is 1. The molecule has 0 heterocycles. The molecule has 1 aromatic rings. The van der Waals surface area contributed by atoms with Gasteiger partial charge >= 0.3 is 6.03 Å². The Kier molecular flexibility index (Phi) is 3.96. The second-order valence-electron chi connectivity index (χ2n) is 4.30. The molecule has 1 aromatic carbocycles. The van der Waals surface area contributed by atoms with Gasteiger partial charge in [-0.15, -0.1) is 0 Å². The van der Waals surface area contributed by atoms with E-state index in [1.165, 1.54) is 6.42 Å². The van der Waals surface area contributed by atoms with Crippen LogP contribution >= 0.6 is 15.9 Å². The molecular weight excluding hydrogens is 298 g/mol. The van der Waals surface area contributed by atoms with Gasteiger partial charge in [0.25, 0.3) is 0 Å². The SMILES string of the molecule is COc1cc(Br)c(N)cc1NC(=O)NC1CCC1. The Labute approximate surface area is 114 Å². The van der Waals surface area contributed by atoms with Crippen molar-refractivity contribution in [2.75, 3.05) is 18.2 Å². The molecule has 0 aliphatic heterocycles. The second-order valence-corrected chi connectivity index (χ2v) is 5.15. The second kappa shape index (κ2) is 5.48. The van der Waals surface area contributed by atoms with Crippen molar-refractivity contribution in [1.82, 2.24) is 5.32 Å². The molecule has 5 nitrogen and oxygen atoms in total. The van der Waals surface area contributed by atoms with E-state index in [-0.39, 0.29) is 6.03 Å². The number of methoxy groups -OCH3 is 1. The number of hydrogen-bond acceptors (Lipinski definition) is 3. The summed E-state index contributed by atoms with van der Waals surface area (Å²) in [5, 5.41) is 5.64. The van der Waals surface area contributed by atoms with Crippen LogP contribution < -0.4 is 21.1 Å². The average Bonchev–Trinajstić information content (AvgIpc) is 2.28. The van der Waals surface area contributed by atoms with Crippen LogP contribution in [0.5, 0.6) is 5.75 Å². The van der Waals surface area contributed by atoms with Crippen LogP contribution in [-0.4, -0.2) is 19.2 Å². The molecule has 0 unspecified atom stereocenters. The summed E-state index contributed by atoms with van der Waals surface area (Å²) in [6.45, 7) is 0. The third-order valence-corrected chi connectivity index (χ3v) is 3.69. The van der Waals surface area contributed by atoms with Crippen molar-refractivity contribution in [1.29, 1.82) is 0 Å². The van der Waals surface area contributed by atoms with Gasteiger partial charge in [-0.3, -0.25) is 0 Å². The molecule has 0 atom stereocenters. The molecule has 4 N–H and O–H groups in total. The fraction of sp³-hybridized carbons (Fsp3) is 0.417. The van der Waals surface area contributed by atoms with Gasteiger partial charge in [0.15, 0.2) is 0 Å². The van der Waals surface area contributed by atoms with E-state index < -0.39 is 0 Å². The van der Waals surface area contributed by atoms with E-state index in [2.05, 4.69) is 26.6 Å². The molecule has 1 fully saturated rings. The van der Waals surface area contributed by atoms with Gasteiger partial charge in [0, 0.05) is 16.2 Å². The molecule has 2 rings (SSSR count). The van der Waals surface area contributed by atoms with Crippen LogP contribution in [0.15, 0.2) is 16.6 Å². The van der Waals surface area contributed by atoms with E-state index in [1.54, 1.807) is 19.2 Å². The first-order valence-electron chi connectivity index (χ1n) is 5.80. The number of amides is 2. The Morgan fingerprint density at radius 2 is 2.22 bits per heavy atom. The van der Waals surface area contributed by atoms with Crippen LogP contribution in [0.1, 0.15) is 19.3 Å². The highest BCUT2D eigenvalue weighted by atomic mass is 79.9. The summed E-state index contributed by atoms with van der Waals surface area (Å²) in [6, 6.07) is 3.47. The van der Waals surface area contributed by atoms with Crippen LogP contribution in [0.3, 0.4) is 0 Å². The van der Waals surface area contributed by atoms with Crippen molar-refractivity contribution in [2.45, 2.75) is 25.3 Å². The molecule has 1 saturated carbocycles. The van der Waals surface area contributed by atoms with E-state index >= 15 is 0 Å². The van der Waals surface area contributed by atoms with Crippen molar-refractivity contribution in [3.63, 3.8) is 0 Å². The van der Waals surface area contributed by atoms with Crippen LogP contribution in [0.25, 0.3) is 0 Å². The summed E-state index contributed by atoms with van der Waals surface area (Å²) in [4.78, 5) is 11.7. The number of carbonyl (C=O) groups excluding carboxylic acids is 1. The average molecular weight is 314 g/mol. The number of urea groups is 1. The number of nitrogen functional groups attached to an aromatic ring is 1. The summed E-state index contributed by atoms with van der Waals surface area (Å²) in [5.74, 6) is 0.569. The van der Waals surface area contributed by atoms with Crippen molar-refractivity contribution < 1.29 is 9.53 Å². The molecule has 0 aromatic heterocycles. The molecular formula is C12H16BrN3O2. The number of benzene rings is 1. The van der Waals surface area contributed by atoms with Crippen molar-refractivity contribution in [3.05, 3.63) is 16.6 Å². The fourth-order valence-corrected chi connectivity index (χ4v) is 2.06. The topological polar surface area (TPSA) is 76.4 Å². The van der Waals surface area contributed by atoms with Crippen LogP contribution in [0.4, 0.5) is 16.2 Å². The predicted molar refractivity (Wildman–Crippen MR) is 74.9 cm³/mol. The summed E-state index contributed by atoms with van der Waals surface area (Å²) in [7, 11) is 1.55. The molecule has 18 heavy (non-hydrogen) atoms. The van der Waals surface area contributed by atoms with Crippen molar-refractivity contribution >= 4 is 33.3 Å². The van der Waals surface area contributed by atoms with Gasteiger partial charge in [-0.1, -0.05) is 0 Å². The minimum atomic E-state index is -0.222. The normalized spacial score (nSPS) is 14.8. The van der Waals surface area contributed by atoms with Crippen molar-refractivity contribution in [2.24, 2.45) is 0 Å². The maximum absolute atomic E-state index is 11.7. The predicted octanol–water partition coefficient (Wildman–Crippen LogP) is 2.71. The number of nitrogens with two attached hydrogens (primary N) is 1. The number of nitrogens with one attached hydrogen (secondary N) is 2. The molecule has 6 heteroatoms. The molecule has 0 radical (unpaired) electrons. The maximum atomic E-state index is 11.7. The third kappa shape index (κ3) is 2.87. The Morgan fingerprint density at radius 1 is 1.50 bits per heavy atom. The lowest BCUT2D eigenvalue weighted by Gasteiger charge is -2.26. The number of halogens is 1. The van der Waals surface area contributed by atoms with Gasteiger partial charge in [-0.2, -0.15) is 0 Å². The standard InChI is InChI=1S/C12H16BrN3O2/c1-18-11-5-8(13)9(14)6-10(11)16-12(17)15-7-3-2-4-7/h5-7H,2-4,14H2,1H3,(H2,15,16,17). The number of rotatable bonds is 3. The zero-order chi connectivity index (χ0) is 13.1. The highest BCUT2D eigenvalue weighted by Gasteiger charge is 2.20. The third-order valence-electron chi connectivity index (χ3n) is 3.01. The lowest BCUT2D eigenvalue weighted by molar-refractivity contribution is 0.240. The molecule has 1 aliphatic rings. The number of ether oxygens (including phenoxy) is 1. The largest absolute Gasteiger partial charge is 0.495 e. The van der Waals surface area contributed by atoms with Crippen LogP contribution in [0.2, 0.25) is 0 Å². The smallest absolute Gasteiger partial charge is 0.319 e. The molecule has 0 spiro atoms. The van der Waals surface area contributed by atoms with Crippen LogP contribution in [-0.2, 0) is 0 Å². The summed E-state index contributed by atoms with van der Waals surface area (Å²) in [6.07, 6.45) is 3.28. The van der Waals surface area contributed by atoms with E-state index in [4.69, 9.17) is 10.5 Å². The van der Waals surface area contributed by atoms with Gasteiger partial charge in [-0.25, -0.2) is 4.79 Å². The summed E-state index contributed by atoms with van der Waals surface area (Å²) >= 11 is 3.31. The molecule has 1 aliphatic carbocycles. The molecule has 0 saturated heterocycles. The molecule has 2 amide bonds. The zero-order valence-corrected chi connectivity index (χ0v) is 11.7. The fourth-order valence-electron chi connectivity index (χ4n) is 1.73. The zero-order valence-electron chi connectivity index (χ0n) is 10.1. The highest BCUT2D eigenvalue weighted by Crippen LogP contribution is 2.33. The maximum Gasteiger partial charge on any atom is 0.319 e. The lowest BCUT2D eigenvalue weighted by Crippen LogP contribution is -2.41. The van der Waals surface area contributed by atoms with E-state index in [0.717, 1.165) is 17.3 Å². The molecule has 98 valence electrons. The van der Waals surface area contributed by atoms with E-state index in [9.17, 15) is 4.79 Å². The number of anilines is 2. The lowest BCUT2D eigenvalue weighted by atomic mass is 9.93. The number of hydrogen-bond donors (Lipinski definition) is 3. The van der Waals surface area contributed by atoms with E-state index in [0.29, 0.717) is 23.2 Å². The first kappa shape index (κ1) is 13.0. The highest BCUT2D eigenvalue weighted by molar-refractivity contribution is 9.10. The monoisotopic (exact) mass is 313 g/mol. The quantitative estimate of drug-likeness (QED) is 0.751. The van der Waals surface area contributed by atoms with Gasteiger partial charge < -0.3 is 21.1 Å². The Balaban J connectivity index is 2.07. The minimum Gasteiger partial charge on any atom is -0.495 e. The first-order chi connectivity index (χ1) is 8.60. The van der Waals surface area contributed by atoms with Gasteiger partial charge in [0.1, 0.15) is 5.75 Å². The minimum absolute atomic E-state index is 0.222. The van der Waals surface area contributed by atoms with E-state index in [1.807, 2.05) is 0 Å². The Hall–Kier alpha value is -1.43. The Bertz CT molecular complexity index is 461. The van der Waals surface area contributed by atoms with Gasteiger partial charge in [0.2, 0.25) is 0 Å². The van der Waals surface area contributed by atoms with Crippen molar-refractivity contribution in [3.8, 4) is 5.75 Å². The first-order valence-corrected chi connectivity index (χ1v) is 6.60. The Morgan fingerprint density at radius 3 is 2.78 bits per heavy atom. The van der Waals surface area contributed by atoms with Crippen LogP contribution in [0, 0.1) is 0 Å². The summed E-state index contributed by atoms with van der Waals surface area (Å²) in [5.41, 5.74) is 6.90. The summed E-state index contributed by atoms with van der Waals surface area (Å²) < 4.78 is 5.94.